The number of anilines is 1. The Bertz CT molecular complexity index is 620. The van der Waals surface area contributed by atoms with Gasteiger partial charge in [0.1, 0.15) is 6.61 Å². The van der Waals surface area contributed by atoms with Gasteiger partial charge >= 0.3 is 0 Å². The second-order valence-corrected chi connectivity index (χ2v) is 5.22. The molecular formula is C20H25NO2. The van der Waals surface area contributed by atoms with E-state index in [-0.39, 0.29) is 0 Å². The van der Waals surface area contributed by atoms with Gasteiger partial charge in [-0.15, -0.1) is 0 Å². The Kier molecular flexibility index (Phi) is 6.55. The molecule has 122 valence electrons. The topological polar surface area (TPSA) is 30.5 Å². The molecule has 0 unspecified atom stereocenters. The molecule has 0 bridgehead atoms. The van der Waals surface area contributed by atoms with E-state index in [0.717, 1.165) is 35.7 Å². The van der Waals surface area contributed by atoms with Crippen molar-refractivity contribution in [1.29, 1.82) is 0 Å². The first-order valence-corrected chi connectivity index (χ1v) is 8.09. The molecule has 0 amide bonds. The molecule has 0 aliphatic rings. The number of ether oxygens (including phenoxy) is 2. The monoisotopic (exact) mass is 311 g/mol. The van der Waals surface area contributed by atoms with Crippen LogP contribution in [0.15, 0.2) is 55.1 Å². The lowest BCUT2D eigenvalue weighted by Gasteiger charge is -2.13. The molecule has 0 radical (unpaired) electrons. The summed E-state index contributed by atoms with van der Waals surface area (Å²) in [4.78, 5) is 0. The van der Waals surface area contributed by atoms with Crippen molar-refractivity contribution in [2.45, 2.75) is 26.8 Å². The summed E-state index contributed by atoms with van der Waals surface area (Å²) in [7, 11) is 0. The zero-order valence-corrected chi connectivity index (χ0v) is 14.0. The summed E-state index contributed by atoms with van der Waals surface area (Å²) >= 11 is 0. The van der Waals surface area contributed by atoms with Crippen LogP contribution in [0.2, 0.25) is 0 Å². The maximum atomic E-state index is 5.67. The van der Waals surface area contributed by atoms with Gasteiger partial charge in [-0.25, -0.2) is 0 Å². The number of benzene rings is 2. The Morgan fingerprint density at radius 1 is 0.957 bits per heavy atom. The van der Waals surface area contributed by atoms with Gasteiger partial charge in [0.25, 0.3) is 0 Å². The highest BCUT2D eigenvalue weighted by Crippen LogP contribution is 2.29. The minimum atomic E-state index is 0.474. The van der Waals surface area contributed by atoms with E-state index >= 15 is 0 Å². The van der Waals surface area contributed by atoms with Crippen LogP contribution in [0, 0.1) is 0 Å². The van der Waals surface area contributed by atoms with Crippen LogP contribution in [-0.2, 0) is 13.0 Å². The molecule has 0 atom stereocenters. The molecule has 2 aromatic rings. The normalized spacial score (nSPS) is 10.2. The lowest BCUT2D eigenvalue weighted by molar-refractivity contribution is 0.296. The SMILES string of the molecule is C=CCOc1ccc(CNc2ccc(CC)cc2)cc1OCC. The molecule has 2 rings (SSSR count). The van der Waals surface area contributed by atoms with Crippen LogP contribution in [0.3, 0.4) is 0 Å². The van der Waals surface area contributed by atoms with E-state index in [0.29, 0.717) is 13.2 Å². The van der Waals surface area contributed by atoms with E-state index in [1.54, 1.807) is 6.08 Å². The van der Waals surface area contributed by atoms with Crippen LogP contribution in [0.5, 0.6) is 11.5 Å². The summed E-state index contributed by atoms with van der Waals surface area (Å²) in [6, 6.07) is 14.6. The summed E-state index contributed by atoms with van der Waals surface area (Å²) < 4.78 is 11.3. The molecule has 0 saturated carbocycles. The van der Waals surface area contributed by atoms with Gasteiger partial charge in [-0.2, -0.15) is 0 Å². The van der Waals surface area contributed by atoms with Crippen LogP contribution >= 0.6 is 0 Å². The second-order valence-electron chi connectivity index (χ2n) is 5.22. The molecular weight excluding hydrogens is 286 g/mol. The van der Waals surface area contributed by atoms with Crippen molar-refractivity contribution in [3.63, 3.8) is 0 Å². The van der Waals surface area contributed by atoms with Gasteiger partial charge in [-0.3, -0.25) is 0 Å². The summed E-state index contributed by atoms with van der Waals surface area (Å²) in [6.45, 7) is 9.63. The lowest BCUT2D eigenvalue weighted by Crippen LogP contribution is -2.03. The van der Waals surface area contributed by atoms with Crippen molar-refractivity contribution in [3.05, 3.63) is 66.2 Å². The first-order chi connectivity index (χ1) is 11.3. The van der Waals surface area contributed by atoms with Crippen LogP contribution < -0.4 is 14.8 Å². The summed E-state index contributed by atoms with van der Waals surface area (Å²) in [6.07, 6.45) is 2.79. The Labute approximate surface area is 138 Å². The molecule has 23 heavy (non-hydrogen) atoms. The van der Waals surface area contributed by atoms with Gasteiger partial charge in [0.2, 0.25) is 0 Å². The van der Waals surface area contributed by atoms with E-state index in [1.165, 1.54) is 5.56 Å². The quantitative estimate of drug-likeness (QED) is 0.673. The minimum Gasteiger partial charge on any atom is -0.490 e. The van der Waals surface area contributed by atoms with Crippen LogP contribution in [0.4, 0.5) is 5.69 Å². The molecule has 0 fully saturated rings. The summed E-state index contributed by atoms with van der Waals surface area (Å²) in [5.41, 5.74) is 3.61. The lowest BCUT2D eigenvalue weighted by atomic mass is 10.1. The molecule has 3 heteroatoms. The van der Waals surface area contributed by atoms with E-state index < -0.39 is 0 Å². The molecule has 3 nitrogen and oxygen atoms in total. The Morgan fingerprint density at radius 2 is 1.70 bits per heavy atom. The molecule has 1 N–H and O–H groups in total. The van der Waals surface area contributed by atoms with Gasteiger partial charge in [-0.1, -0.05) is 37.8 Å². The fourth-order valence-corrected chi connectivity index (χ4v) is 2.26. The molecule has 0 spiro atoms. The maximum absolute atomic E-state index is 5.67. The van der Waals surface area contributed by atoms with Crippen molar-refractivity contribution in [3.8, 4) is 11.5 Å². The Hall–Kier alpha value is -2.42. The molecule has 0 aromatic heterocycles. The number of hydrogen-bond donors (Lipinski definition) is 1. The van der Waals surface area contributed by atoms with E-state index in [9.17, 15) is 0 Å². The predicted octanol–water partition coefficient (Wildman–Crippen LogP) is 4.82. The van der Waals surface area contributed by atoms with Crippen molar-refractivity contribution >= 4 is 5.69 Å². The third kappa shape index (κ3) is 5.06. The first-order valence-electron chi connectivity index (χ1n) is 8.09. The average molecular weight is 311 g/mol. The number of nitrogens with one attached hydrogen (secondary N) is 1. The third-order valence-electron chi connectivity index (χ3n) is 3.52. The average Bonchev–Trinajstić information content (AvgIpc) is 2.60. The van der Waals surface area contributed by atoms with E-state index in [1.807, 2.05) is 25.1 Å². The van der Waals surface area contributed by atoms with E-state index in [2.05, 4.69) is 43.1 Å². The second kappa shape index (κ2) is 8.89. The van der Waals surface area contributed by atoms with Gasteiger partial charge < -0.3 is 14.8 Å². The van der Waals surface area contributed by atoms with Crippen molar-refractivity contribution in [2.75, 3.05) is 18.5 Å². The molecule has 0 saturated heterocycles. The highest BCUT2D eigenvalue weighted by molar-refractivity contribution is 5.47. The molecule has 0 aliphatic carbocycles. The fourth-order valence-electron chi connectivity index (χ4n) is 2.26. The van der Waals surface area contributed by atoms with Crippen LogP contribution in [0.25, 0.3) is 0 Å². The molecule has 2 aromatic carbocycles. The van der Waals surface area contributed by atoms with Crippen LogP contribution in [0.1, 0.15) is 25.0 Å². The smallest absolute Gasteiger partial charge is 0.161 e. The number of rotatable bonds is 9. The van der Waals surface area contributed by atoms with Gasteiger partial charge in [-0.05, 0) is 48.7 Å². The fraction of sp³-hybridized carbons (Fsp3) is 0.300. The van der Waals surface area contributed by atoms with Crippen molar-refractivity contribution in [2.24, 2.45) is 0 Å². The first kappa shape index (κ1) is 16.9. The van der Waals surface area contributed by atoms with E-state index in [4.69, 9.17) is 9.47 Å². The van der Waals surface area contributed by atoms with Crippen molar-refractivity contribution in [1.82, 2.24) is 0 Å². The highest BCUT2D eigenvalue weighted by atomic mass is 16.5. The number of hydrogen-bond acceptors (Lipinski definition) is 3. The standard InChI is InChI=1S/C20H25NO2/c1-4-13-23-19-12-9-17(14-20(19)22-6-3)15-21-18-10-7-16(5-2)8-11-18/h4,7-12,14,21H,1,5-6,13,15H2,2-3H3. The predicted molar refractivity (Wildman–Crippen MR) is 96.4 cm³/mol. The van der Waals surface area contributed by atoms with Gasteiger partial charge in [0.15, 0.2) is 11.5 Å². The van der Waals surface area contributed by atoms with Crippen molar-refractivity contribution < 1.29 is 9.47 Å². The van der Waals surface area contributed by atoms with Gasteiger partial charge in [0, 0.05) is 12.2 Å². The Balaban J connectivity index is 2.03. The maximum Gasteiger partial charge on any atom is 0.161 e. The van der Waals surface area contributed by atoms with Gasteiger partial charge in [0.05, 0.1) is 6.61 Å². The largest absolute Gasteiger partial charge is 0.490 e. The minimum absolute atomic E-state index is 0.474. The molecule has 0 aliphatic heterocycles. The zero-order chi connectivity index (χ0) is 16.5. The highest BCUT2D eigenvalue weighted by Gasteiger charge is 2.06. The Morgan fingerprint density at radius 3 is 2.35 bits per heavy atom. The zero-order valence-electron chi connectivity index (χ0n) is 14.0. The summed E-state index contributed by atoms with van der Waals surface area (Å²) in [5.74, 6) is 1.53. The summed E-state index contributed by atoms with van der Waals surface area (Å²) in [5, 5.41) is 3.43. The molecule has 0 heterocycles. The number of aryl methyl sites for hydroxylation is 1. The van der Waals surface area contributed by atoms with Crippen LogP contribution in [-0.4, -0.2) is 13.2 Å². The third-order valence-corrected chi connectivity index (χ3v) is 3.52.